The zero-order valence-corrected chi connectivity index (χ0v) is 14.1. The molecule has 3 heteroatoms. The van der Waals surface area contributed by atoms with Crippen LogP contribution < -0.4 is 0 Å². The van der Waals surface area contributed by atoms with E-state index in [1.54, 1.807) is 0 Å². The predicted molar refractivity (Wildman–Crippen MR) is 94.3 cm³/mol. The summed E-state index contributed by atoms with van der Waals surface area (Å²) in [7, 11) is 0. The Morgan fingerprint density at radius 1 is 1.14 bits per heavy atom. The largest absolute Gasteiger partial charge is 0.253 e. The maximum absolute atomic E-state index is 6.04. The predicted octanol–water partition coefficient (Wildman–Crippen LogP) is 5.86. The Bertz CT molecular complexity index is 718. The molecule has 0 spiro atoms. The molecule has 0 saturated heterocycles. The highest BCUT2D eigenvalue weighted by molar-refractivity contribution is 9.09. The highest BCUT2D eigenvalue weighted by atomic mass is 79.9. The number of rotatable bonds is 4. The summed E-state index contributed by atoms with van der Waals surface area (Å²) >= 11 is 9.57. The topological polar surface area (TPSA) is 12.9 Å². The minimum absolute atomic E-state index is 0.745. The molecule has 1 aromatic heterocycles. The zero-order chi connectivity index (χ0) is 14.7. The number of nitrogens with zero attached hydrogens (tertiary/aromatic N) is 1. The molecule has 0 atom stereocenters. The van der Waals surface area contributed by atoms with E-state index in [1.165, 1.54) is 17.6 Å². The third kappa shape index (κ3) is 3.75. The van der Waals surface area contributed by atoms with E-state index >= 15 is 0 Å². The van der Waals surface area contributed by atoms with Crippen LogP contribution in [0.2, 0.25) is 5.02 Å². The molecule has 0 saturated carbocycles. The quantitative estimate of drug-likeness (QED) is 0.620. The van der Waals surface area contributed by atoms with E-state index in [0.29, 0.717) is 0 Å². The first-order valence-corrected chi connectivity index (χ1v) is 8.74. The van der Waals surface area contributed by atoms with Crippen LogP contribution in [0.25, 0.3) is 10.9 Å². The molecule has 3 rings (SSSR count). The summed E-state index contributed by atoms with van der Waals surface area (Å²) in [5, 5.41) is 2.84. The van der Waals surface area contributed by atoms with E-state index < -0.39 is 0 Å². The van der Waals surface area contributed by atoms with Crippen LogP contribution in [0.1, 0.15) is 25.0 Å². The Labute approximate surface area is 138 Å². The van der Waals surface area contributed by atoms with Gasteiger partial charge < -0.3 is 0 Å². The lowest BCUT2D eigenvalue weighted by atomic mass is 9.96. The van der Waals surface area contributed by atoms with E-state index in [0.717, 1.165) is 46.2 Å². The molecule has 1 aromatic carbocycles. The van der Waals surface area contributed by atoms with Gasteiger partial charge in [0.25, 0.3) is 0 Å². The maximum Gasteiger partial charge on any atom is 0.0720 e. The number of fused-ring (bicyclic) bond motifs is 1. The molecule has 0 N–H and O–H groups in total. The number of hydrogen-bond donors (Lipinski definition) is 0. The number of hydrogen-bond acceptors (Lipinski definition) is 1. The fraction of sp³-hybridized carbons (Fsp3) is 0.278. The van der Waals surface area contributed by atoms with Gasteiger partial charge >= 0.3 is 0 Å². The van der Waals surface area contributed by atoms with Crippen LogP contribution in [0, 0.1) is 0 Å². The lowest BCUT2D eigenvalue weighted by Gasteiger charge is -2.12. The molecule has 108 valence electrons. The van der Waals surface area contributed by atoms with Crippen LogP contribution in [0.3, 0.4) is 0 Å². The van der Waals surface area contributed by atoms with Gasteiger partial charge in [0.1, 0.15) is 0 Å². The van der Waals surface area contributed by atoms with Crippen molar-refractivity contribution in [3.8, 4) is 0 Å². The van der Waals surface area contributed by atoms with Crippen molar-refractivity contribution in [3.63, 3.8) is 0 Å². The molecule has 1 aliphatic carbocycles. The van der Waals surface area contributed by atoms with Crippen molar-refractivity contribution in [1.82, 2.24) is 4.98 Å². The van der Waals surface area contributed by atoms with Gasteiger partial charge in [-0.1, -0.05) is 57.4 Å². The molecular weight excluding hydrogens is 346 g/mol. The van der Waals surface area contributed by atoms with Gasteiger partial charge in [-0.25, -0.2) is 0 Å². The molecule has 0 aliphatic heterocycles. The maximum atomic E-state index is 6.04. The smallest absolute Gasteiger partial charge is 0.0720 e. The summed E-state index contributed by atoms with van der Waals surface area (Å²) in [6.07, 6.45) is 9.06. The van der Waals surface area contributed by atoms with Crippen LogP contribution in [-0.4, -0.2) is 10.3 Å². The van der Waals surface area contributed by atoms with Gasteiger partial charge in [0.2, 0.25) is 0 Å². The summed E-state index contributed by atoms with van der Waals surface area (Å²) in [5.41, 5.74) is 5.05. The van der Waals surface area contributed by atoms with Crippen LogP contribution in [-0.2, 0) is 6.42 Å². The third-order valence-electron chi connectivity index (χ3n) is 3.83. The average molecular weight is 363 g/mol. The van der Waals surface area contributed by atoms with Gasteiger partial charge in [0, 0.05) is 21.4 Å². The first kappa shape index (κ1) is 14.8. The van der Waals surface area contributed by atoms with Crippen molar-refractivity contribution in [2.75, 3.05) is 5.33 Å². The second kappa shape index (κ2) is 6.76. The number of pyridine rings is 1. The van der Waals surface area contributed by atoms with Crippen LogP contribution >= 0.6 is 27.5 Å². The highest BCUT2D eigenvalue weighted by Gasteiger charge is 2.06. The fourth-order valence-corrected chi connectivity index (χ4v) is 3.24. The minimum atomic E-state index is 0.745. The summed E-state index contributed by atoms with van der Waals surface area (Å²) in [6.45, 7) is 0. The molecule has 21 heavy (non-hydrogen) atoms. The first-order chi connectivity index (χ1) is 10.2. The van der Waals surface area contributed by atoms with Gasteiger partial charge in [-0.15, -0.1) is 0 Å². The minimum Gasteiger partial charge on any atom is -0.253 e. The molecular formula is C18H17BrClN. The van der Waals surface area contributed by atoms with E-state index in [-0.39, 0.29) is 0 Å². The van der Waals surface area contributed by atoms with E-state index in [2.05, 4.69) is 40.2 Å². The van der Waals surface area contributed by atoms with E-state index in [9.17, 15) is 0 Å². The van der Waals surface area contributed by atoms with Crippen molar-refractivity contribution in [3.05, 3.63) is 64.3 Å². The van der Waals surface area contributed by atoms with E-state index in [1.807, 2.05) is 18.2 Å². The molecule has 0 radical (unpaired) electrons. The Balaban J connectivity index is 1.73. The van der Waals surface area contributed by atoms with Crippen LogP contribution in [0.4, 0.5) is 0 Å². The fourth-order valence-electron chi connectivity index (χ4n) is 2.69. The first-order valence-electron chi connectivity index (χ1n) is 7.24. The Kier molecular flexibility index (Phi) is 4.77. The summed E-state index contributed by atoms with van der Waals surface area (Å²) in [6, 6.07) is 10.1. The highest BCUT2D eigenvalue weighted by Crippen LogP contribution is 2.23. The third-order valence-corrected chi connectivity index (χ3v) is 4.71. The molecule has 1 nitrogen and oxygen atoms in total. The molecule has 1 heterocycles. The standard InChI is InChI=1S/C18H17BrClN/c19-12-14-3-1-2-13(10-14)4-8-17-9-6-15-5-7-16(20)11-18(15)21-17/h3,5-7,9-11H,1-2,4,8,12H2. The van der Waals surface area contributed by atoms with Gasteiger partial charge in [-0.2, -0.15) is 0 Å². The summed E-state index contributed by atoms with van der Waals surface area (Å²) in [4.78, 5) is 4.72. The SMILES string of the molecule is Clc1ccc2ccc(CCC3=CC(CBr)=CCC3)nc2c1. The lowest BCUT2D eigenvalue weighted by Crippen LogP contribution is -1.97. The number of aryl methyl sites for hydroxylation is 1. The molecule has 0 unspecified atom stereocenters. The monoisotopic (exact) mass is 361 g/mol. The van der Waals surface area contributed by atoms with Crippen molar-refractivity contribution >= 4 is 38.4 Å². The van der Waals surface area contributed by atoms with Crippen molar-refractivity contribution in [2.45, 2.75) is 25.7 Å². The molecule has 0 amide bonds. The van der Waals surface area contributed by atoms with Crippen molar-refractivity contribution < 1.29 is 0 Å². The Morgan fingerprint density at radius 3 is 2.86 bits per heavy atom. The van der Waals surface area contributed by atoms with Gasteiger partial charge in [0.05, 0.1) is 5.52 Å². The second-order valence-corrected chi connectivity index (χ2v) is 6.39. The molecule has 2 aromatic rings. The lowest BCUT2D eigenvalue weighted by molar-refractivity contribution is 0.820. The van der Waals surface area contributed by atoms with Crippen LogP contribution in [0.15, 0.2) is 53.6 Å². The van der Waals surface area contributed by atoms with Gasteiger partial charge in [-0.05, 0) is 49.5 Å². The van der Waals surface area contributed by atoms with Gasteiger partial charge in [-0.3, -0.25) is 4.98 Å². The van der Waals surface area contributed by atoms with E-state index in [4.69, 9.17) is 16.6 Å². The number of aromatic nitrogens is 1. The molecule has 0 bridgehead atoms. The second-order valence-electron chi connectivity index (χ2n) is 5.39. The number of halogens is 2. The molecule has 1 aliphatic rings. The summed E-state index contributed by atoms with van der Waals surface area (Å²) < 4.78 is 0. The average Bonchev–Trinajstić information content (AvgIpc) is 2.52. The zero-order valence-electron chi connectivity index (χ0n) is 11.8. The van der Waals surface area contributed by atoms with Crippen molar-refractivity contribution in [1.29, 1.82) is 0 Å². The van der Waals surface area contributed by atoms with Crippen LogP contribution in [0.5, 0.6) is 0 Å². The van der Waals surface area contributed by atoms with Gasteiger partial charge in [0.15, 0.2) is 0 Å². The number of allylic oxidation sites excluding steroid dienone is 4. The summed E-state index contributed by atoms with van der Waals surface area (Å²) in [5.74, 6) is 0. The Hall–Kier alpha value is -1.12. The van der Waals surface area contributed by atoms with Crippen molar-refractivity contribution in [2.24, 2.45) is 0 Å². The normalized spacial score (nSPS) is 15.0. The Morgan fingerprint density at radius 2 is 2.00 bits per heavy atom. The number of alkyl halides is 1. The number of benzene rings is 1. The molecule has 0 fully saturated rings.